The summed E-state index contributed by atoms with van der Waals surface area (Å²) in [6.45, 7) is 1.50. The molecule has 0 bridgehead atoms. The van der Waals surface area contributed by atoms with Gasteiger partial charge < -0.3 is 18.9 Å². The van der Waals surface area contributed by atoms with Gasteiger partial charge in [-0.2, -0.15) is 5.26 Å². The number of hydrogen-bond acceptors (Lipinski definition) is 7. The van der Waals surface area contributed by atoms with E-state index in [1.165, 1.54) is 25.3 Å². The molecule has 7 nitrogen and oxygen atoms in total. The minimum Gasteiger partial charge on any atom is -0.493 e. The second kappa shape index (κ2) is 11.4. The Labute approximate surface area is 190 Å². The summed E-state index contributed by atoms with van der Waals surface area (Å²) in [5.74, 6) is -0.428. The van der Waals surface area contributed by atoms with Crippen LogP contribution in [0.2, 0.25) is 0 Å². The van der Waals surface area contributed by atoms with E-state index in [1.807, 2.05) is 0 Å². The molecule has 0 N–H and O–H groups in total. The van der Waals surface area contributed by atoms with Gasteiger partial charge in [-0.3, -0.25) is 0 Å². The lowest BCUT2D eigenvalue weighted by atomic mass is 10.1. The van der Waals surface area contributed by atoms with Crippen molar-refractivity contribution in [2.75, 3.05) is 20.3 Å². The molecule has 9 heteroatoms. The lowest BCUT2D eigenvalue weighted by molar-refractivity contribution is -0.138. The van der Waals surface area contributed by atoms with Crippen molar-refractivity contribution in [3.63, 3.8) is 0 Å². The van der Waals surface area contributed by atoms with Crippen LogP contribution in [0.4, 0.5) is 0 Å². The first-order valence-corrected chi connectivity index (χ1v) is 10.2. The largest absolute Gasteiger partial charge is 0.493 e. The lowest BCUT2D eigenvalue weighted by Gasteiger charge is -2.11. The Bertz CT molecular complexity index is 1010. The highest BCUT2D eigenvalue weighted by Crippen LogP contribution is 2.30. The second-order valence-corrected chi connectivity index (χ2v) is 7.41. The van der Waals surface area contributed by atoms with Crippen molar-refractivity contribution in [1.29, 1.82) is 5.26 Å². The number of esters is 2. The molecular weight excluding hydrogens is 522 g/mol. The fraction of sp³-hybridized carbons (Fsp3) is 0.190. The van der Waals surface area contributed by atoms with E-state index >= 15 is 0 Å². The molecule has 2 aromatic carbocycles. The number of hydrogen-bond donors (Lipinski definition) is 0. The first-order chi connectivity index (χ1) is 14.4. The highest BCUT2D eigenvalue weighted by molar-refractivity contribution is 9.11. The predicted molar refractivity (Wildman–Crippen MR) is 116 cm³/mol. The van der Waals surface area contributed by atoms with E-state index in [-0.39, 0.29) is 30.3 Å². The Morgan fingerprint density at radius 2 is 1.83 bits per heavy atom. The number of rotatable bonds is 8. The number of halogens is 2. The summed E-state index contributed by atoms with van der Waals surface area (Å²) in [6.07, 6.45) is 1.36. The van der Waals surface area contributed by atoms with Gasteiger partial charge in [0.05, 0.1) is 18.2 Å². The van der Waals surface area contributed by atoms with Gasteiger partial charge in [-0.05, 0) is 64.8 Å². The molecule has 0 saturated carbocycles. The van der Waals surface area contributed by atoms with Crippen LogP contribution < -0.4 is 14.2 Å². The number of nitriles is 1. The van der Waals surface area contributed by atoms with Gasteiger partial charge in [-0.1, -0.05) is 22.0 Å². The van der Waals surface area contributed by atoms with Crippen LogP contribution in [0, 0.1) is 11.3 Å². The summed E-state index contributed by atoms with van der Waals surface area (Å²) in [6, 6.07) is 11.7. The summed E-state index contributed by atoms with van der Waals surface area (Å²) in [5, 5.41) is 9.13. The summed E-state index contributed by atoms with van der Waals surface area (Å²) in [7, 11) is 1.41. The molecular formula is C21H17Br2NO6. The molecule has 0 radical (unpaired) electrons. The molecule has 156 valence electrons. The van der Waals surface area contributed by atoms with Crippen molar-refractivity contribution in [1.82, 2.24) is 0 Å². The maximum Gasteiger partial charge on any atom is 0.349 e. The van der Waals surface area contributed by atoms with Crippen LogP contribution in [-0.4, -0.2) is 32.3 Å². The number of carbonyl (C=O) groups excluding carboxylic acids is 2. The predicted octanol–water partition coefficient (Wildman–Crippen LogP) is 4.67. The molecule has 2 rings (SSSR count). The zero-order valence-electron chi connectivity index (χ0n) is 16.1. The van der Waals surface area contributed by atoms with Gasteiger partial charge in [0.2, 0.25) is 0 Å². The van der Waals surface area contributed by atoms with Crippen molar-refractivity contribution in [3.8, 4) is 23.3 Å². The molecule has 0 saturated heterocycles. The van der Waals surface area contributed by atoms with E-state index in [0.717, 1.165) is 4.47 Å². The molecule has 0 aliphatic heterocycles. The third-order valence-corrected chi connectivity index (χ3v) is 4.69. The van der Waals surface area contributed by atoms with Crippen LogP contribution in [0.5, 0.6) is 17.2 Å². The fourth-order valence-corrected chi connectivity index (χ4v) is 3.41. The monoisotopic (exact) mass is 537 g/mol. The van der Waals surface area contributed by atoms with Crippen molar-refractivity contribution in [2.24, 2.45) is 0 Å². The molecule has 0 spiro atoms. The van der Waals surface area contributed by atoms with Gasteiger partial charge in [0.1, 0.15) is 17.4 Å². The summed E-state index contributed by atoms with van der Waals surface area (Å²) < 4.78 is 22.4. The molecule has 0 atom stereocenters. The van der Waals surface area contributed by atoms with Crippen LogP contribution in [0.3, 0.4) is 0 Å². The van der Waals surface area contributed by atoms with E-state index in [4.69, 9.17) is 24.2 Å². The van der Waals surface area contributed by atoms with Crippen molar-refractivity contribution >= 4 is 49.9 Å². The van der Waals surface area contributed by atoms with E-state index in [9.17, 15) is 9.59 Å². The maximum absolute atomic E-state index is 12.2. The average molecular weight is 539 g/mol. The molecule has 0 aromatic heterocycles. The number of methoxy groups -OCH3 is 1. The van der Waals surface area contributed by atoms with Gasteiger partial charge >= 0.3 is 11.9 Å². The third-order valence-electron chi connectivity index (χ3n) is 3.58. The van der Waals surface area contributed by atoms with E-state index < -0.39 is 11.9 Å². The molecule has 0 amide bonds. The van der Waals surface area contributed by atoms with Crippen molar-refractivity contribution in [3.05, 3.63) is 56.5 Å². The number of nitrogens with zero attached hydrogens (tertiary/aromatic N) is 1. The Kier molecular flexibility index (Phi) is 8.89. The van der Waals surface area contributed by atoms with Crippen LogP contribution >= 0.6 is 31.9 Å². The minimum atomic E-state index is -0.717. The first kappa shape index (κ1) is 23.4. The van der Waals surface area contributed by atoms with Crippen LogP contribution in [0.1, 0.15) is 12.5 Å². The molecule has 30 heavy (non-hydrogen) atoms. The second-order valence-electron chi connectivity index (χ2n) is 5.64. The van der Waals surface area contributed by atoms with E-state index in [2.05, 4.69) is 31.9 Å². The highest BCUT2D eigenvalue weighted by Gasteiger charge is 2.14. The van der Waals surface area contributed by atoms with E-state index in [0.29, 0.717) is 15.8 Å². The summed E-state index contributed by atoms with van der Waals surface area (Å²) >= 11 is 6.69. The van der Waals surface area contributed by atoms with Crippen LogP contribution in [0.25, 0.3) is 6.08 Å². The minimum absolute atomic E-state index is 0.155. The molecule has 0 unspecified atom stereocenters. The Balaban J connectivity index is 2.10. The van der Waals surface area contributed by atoms with Crippen molar-refractivity contribution < 1.29 is 28.5 Å². The number of benzene rings is 2. The SMILES string of the molecule is CCOC(=O)/C(C#N)=C/c1ccc(OC(=O)COc2ccc(Br)cc2Br)c(OC)c1. The topological polar surface area (TPSA) is 94.9 Å². The average Bonchev–Trinajstić information content (AvgIpc) is 2.72. The van der Waals surface area contributed by atoms with Gasteiger partial charge in [-0.15, -0.1) is 0 Å². The number of ether oxygens (including phenoxy) is 4. The zero-order chi connectivity index (χ0) is 22.1. The van der Waals surface area contributed by atoms with Gasteiger partial charge in [0.25, 0.3) is 0 Å². The van der Waals surface area contributed by atoms with E-state index in [1.54, 1.807) is 37.3 Å². The van der Waals surface area contributed by atoms with Crippen LogP contribution in [-0.2, 0) is 14.3 Å². The molecule has 0 fully saturated rings. The Morgan fingerprint density at radius 1 is 1.10 bits per heavy atom. The lowest BCUT2D eigenvalue weighted by Crippen LogP contribution is -2.18. The first-order valence-electron chi connectivity index (χ1n) is 8.63. The smallest absolute Gasteiger partial charge is 0.349 e. The number of carbonyl (C=O) groups is 2. The van der Waals surface area contributed by atoms with Crippen LogP contribution in [0.15, 0.2) is 50.9 Å². The quantitative estimate of drug-likeness (QED) is 0.208. The fourth-order valence-electron chi connectivity index (χ4n) is 2.25. The zero-order valence-corrected chi connectivity index (χ0v) is 19.3. The molecule has 0 heterocycles. The maximum atomic E-state index is 12.2. The van der Waals surface area contributed by atoms with Gasteiger partial charge in [-0.25, -0.2) is 9.59 Å². The molecule has 0 aliphatic rings. The summed E-state index contributed by atoms with van der Waals surface area (Å²) in [5.41, 5.74) is 0.350. The Morgan fingerprint density at radius 3 is 2.47 bits per heavy atom. The highest BCUT2D eigenvalue weighted by atomic mass is 79.9. The third kappa shape index (κ3) is 6.61. The van der Waals surface area contributed by atoms with Gasteiger partial charge in [0.15, 0.2) is 18.1 Å². The molecule has 2 aromatic rings. The Hall–Kier alpha value is -2.83. The molecule has 0 aliphatic carbocycles. The standard InChI is InChI=1S/C21H17Br2NO6/c1-3-28-21(26)14(11-24)8-13-4-6-18(19(9-13)27-2)30-20(25)12-29-17-7-5-15(22)10-16(17)23/h4-10H,3,12H2,1-2H3/b14-8+. The van der Waals surface area contributed by atoms with Crippen molar-refractivity contribution in [2.45, 2.75) is 6.92 Å². The summed E-state index contributed by atoms with van der Waals surface area (Å²) in [4.78, 5) is 23.9. The normalized spacial score (nSPS) is 10.7. The van der Waals surface area contributed by atoms with Gasteiger partial charge in [0, 0.05) is 4.47 Å².